The van der Waals surface area contributed by atoms with E-state index >= 15 is 0 Å². The lowest BCUT2D eigenvalue weighted by molar-refractivity contribution is -0.129. The highest BCUT2D eigenvalue weighted by molar-refractivity contribution is 6.12. The molecule has 2 aromatic rings. The molecular weight excluding hydrogens is 324 g/mol. The fraction of sp³-hybridized carbons (Fsp3) is 0.273. The molecule has 0 amide bonds. The third kappa shape index (κ3) is 4.20. The van der Waals surface area contributed by atoms with Crippen LogP contribution in [-0.4, -0.2) is 25.0 Å². The Balaban J connectivity index is 1.79. The number of hydrogen-bond acceptors (Lipinski definition) is 4. The summed E-state index contributed by atoms with van der Waals surface area (Å²) in [6.45, 7) is 6.47. The maximum atomic E-state index is 12.1. The summed E-state index contributed by atoms with van der Waals surface area (Å²) in [7, 11) is 0. The van der Waals surface area contributed by atoms with Crippen molar-refractivity contribution < 1.29 is 9.53 Å². The average molecular weight is 348 g/mol. The number of ether oxygens (including phenoxy) is 1. The van der Waals surface area contributed by atoms with E-state index in [1.165, 1.54) is 5.69 Å². The molecule has 3 rings (SSSR count). The van der Waals surface area contributed by atoms with Crippen LogP contribution in [0.15, 0.2) is 65.3 Å². The molecule has 134 valence electrons. The molecule has 0 unspecified atom stereocenters. The van der Waals surface area contributed by atoms with Crippen molar-refractivity contribution in [1.29, 1.82) is 0 Å². The standard InChI is InChI=1S/C22H24N2O2/c1-3-14-24(15-4-2)19-12-10-17(11-13-19)16-20-22(25)26-21(23-20)18-8-6-5-7-9-18/h5-13,16H,3-4,14-15H2,1-2H3/b20-16+. The summed E-state index contributed by atoms with van der Waals surface area (Å²) in [5, 5.41) is 0. The number of esters is 1. The number of carbonyl (C=O) groups excluding carboxylic acids is 1. The lowest BCUT2D eigenvalue weighted by atomic mass is 10.1. The Morgan fingerprint density at radius 1 is 0.962 bits per heavy atom. The van der Waals surface area contributed by atoms with Gasteiger partial charge in [-0.2, -0.15) is 0 Å². The van der Waals surface area contributed by atoms with Crippen LogP contribution < -0.4 is 4.90 Å². The molecule has 1 heterocycles. The fourth-order valence-corrected chi connectivity index (χ4v) is 2.96. The van der Waals surface area contributed by atoms with Crippen LogP contribution in [0.5, 0.6) is 0 Å². The van der Waals surface area contributed by atoms with E-state index in [2.05, 4.69) is 35.9 Å². The predicted octanol–water partition coefficient (Wildman–Crippen LogP) is 4.66. The minimum atomic E-state index is -0.411. The highest BCUT2D eigenvalue weighted by Crippen LogP contribution is 2.21. The summed E-state index contributed by atoms with van der Waals surface area (Å²) in [4.78, 5) is 18.8. The molecule has 0 saturated heterocycles. The molecule has 0 fully saturated rings. The summed E-state index contributed by atoms with van der Waals surface area (Å²) in [6, 6.07) is 17.7. The Labute approximate surface area is 154 Å². The van der Waals surface area contributed by atoms with Crippen molar-refractivity contribution in [2.45, 2.75) is 26.7 Å². The summed E-state index contributed by atoms with van der Waals surface area (Å²) >= 11 is 0. The molecule has 4 nitrogen and oxygen atoms in total. The van der Waals surface area contributed by atoms with Gasteiger partial charge in [0.2, 0.25) is 5.90 Å². The lowest BCUT2D eigenvalue weighted by Gasteiger charge is -2.23. The van der Waals surface area contributed by atoms with Crippen LogP contribution in [0.4, 0.5) is 5.69 Å². The maximum absolute atomic E-state index is 12.1. The van der Waals surface area contributed by atoms with Crippen molar-refractivity contribution in [3.63, 3.8) is 0 Å². The van der Waals surface area contributed by atoms with E-state index in [1.54, 1.807) is 6.08 Å². The zero-order chi connectivity index (χ0) is 18.4. The van der Waals surface area contributed by atoms with E-state index in [9.17, 15) is 4.79 Å². The second kappa shape index (κ2) is 8.48. The number of hydrogen-bond donors (Lipinski definition) is 0. The summed E-state index contributed by atoms with van der Waals surface area (Å²) < 4.78 is 5.29. The molecule has 0 N–H and O–H groups in total. The predicted molar refractivity (Wildman–Crippen MR) is 106 cm³/mol. The maximum Gasteiger partial charge on any atom is 0.363 e. The van der Waals surface area contributed by atoms with Crippen LogP contribution in [-0.2, 0) is 9.53 Å². The van der Waals surface area contributed by atoms with Gasteiger partial charge in [0.1, 0.15) is 0 Å². The van der Waals surface area contributed by atoms with Gasteiger partial charge in [-0.3, -0.25) is 0 Å². The van der Waals surface area contributed by atoms with E-state index in [0.29, 0.717) is 11.6 Å². The number of anilines is 1. The van der Waals surface area contributed by atoms with E-state index in [4.69, 9.17) is 4.74 Å². The summed E-state index contributed by atoms with van der Waals surface area (Å²) in [5.41, 5.74) is 3.27. The van der Waals surface area contributed by atoms with Crippen molar-refractivity contribution in [3.05, 3.63) is 71.4 Å². The van der Waals surface area contributed by atoms with Crippen molar-refractivity contribution in [2.75, 3.05) is 18.0 Å². The molecule has 0 aromatic heterocycles. The highest BCUT2D eigenvalue weighted by atomic mass is 16.6. The zero-order valence-corrected chi connectivity index (χ0v) is 15.3. The SMILES string of the molecule is CCCN(CCC)c1ccc(/C=C2/N=C(c3ccccc3)OC2=O)cc1. The lowest BCUT2D eigenvalue weighted by Crippen LogP contribution is -2.24. The van der Waals surface area contributed by atoms with Gasteiger partial charge in [-0.1, -0.05) is 44.2 Å². The van der Waals surface area contributed by atoms with E-state index < -0.39 is 5.97 Å². The molecule has 0 spiro atoms. The van der Waals surface area contributed by atoms with Crippen molar-refractivity contribution in [2.24, 2.45) is 4.99 Å². The molecular formula is C22H24N2O2. The first-order valence-corrected chi connectivity index (χ1v) is 9.14. The van der Waals surface area contributed by atoms with Gasteiger partial charge in [0.25, 0.3) is 0 Å². The van der Waals surface area contributed by atoms with Crippen LogP contribution in [0, 0.1) is 0 Å². The summed E-state index contributed by atoms with van der Waals surface area (Å²) in [6.07, 6.45) is 4.01. The number of carbonyl (C=O) groups is 1. The first-order valence-electron chi connectivity index (χ1n) is 9.14. The average Bonchev–Trinajstić information content (AvgIpc) is 3.03. The van der Waals surface area contributed by atoms with Crippen molar-refractivity contribution in [1.82, 2.24) is 0 Å². The van der Waals surface area contributed by atoms with Crippen LogP contribution in [0.1, 0.15) is 37.8 Å². The van der Waals surface area contributed by atoms with Gasteiger partial charge >= 0.3 is 5.97 Å². The largest absolute Gasteiger partial charge is 0.402 e. The van der Waals surface area contributed by atoms with E-state index in [0.717, 1.165) is 37.1 Å². The Hall–Kier alpha value is -2.88. The zero-order valence-electron chi connectivity index (χ0n) is 15.3. The van der Waals surface area contributed by atoms with E-state index in [1.807, 2.05) is 42.5 Å². The number of nitrogens with zero attached hydrogens (tertiary/aromatic N) is 2. The van der Waals surface area contributed by atoms with E-state index in [-0.39, 0.29) is 0 Å². The molecule has 4 heteroatoms. The van der Waals surface area contributed by atoms with Gasteiger partial charge in [0, 0.05) is 24.3 Å². The van der Waals surface area contributed by atoms with Crippen LogP contribution >= 0.6 is 0 Å². The molecule has 26 heavy (non-hydrogen) atoms. The molecule has 0 bridgehead atoms. The molecule has 1 aliphatic rings. The van der Waals surface area contributed by atoms with Gasteiger partial charge in [-0.15, -0.1) is 0 Å². The Kier molecular flexibility index (Phi) is 5.84. The molecule has 0 saturated carbocycles. The quantitative estimate of drug-likeness (QED) is 0.540. The van der Waals surface area contributed by atoms with Gasteiger partial charge < -0.3 is 9.64 Å². The first-order chi connectivity index (χ1) is 12.7. The monoisotopic (exact) mass is 348 g/mol. The molecule has 2 aromatic carbocycles. The topological polar surface area (TPSA) is 41.9 Å². The van der Waals surface area contributed by atoms with Crippen LogP contribution in [0.2, 0.25) is 0 Å². The van der Waals surface area contributed by atoms with Crippen molar-refractivity contribution >= 4 is 23.6 Å². The van der Waals surface area contributed by atoms with Gasteiger partial charge in [0.05, 0.1) is 0 Å². The Morgan fingerprint density at radius 3 is 2.23 bits per heavy atom. The molecule has 0 aliphatic carbocycles. The highest BCUT2D eigenvalue weighted by Gasteiger charge is 2.23. The van der Waals surface area contributed by atoms with Gasteiger partial charge in [-0.25, -0.2) is 9.79 Å². The third-order valence-corrected chi connectivity index (χ3v) is 4.19. The Morgan fingerprint density at radius 2 is 1.62 bits per heavy atom. The second-order valence-corrected chi connectivity index (χ2v) is 6.28. The van der Waals surface area contributed by atoms with Gasteiger partial charge in [-0.05, 0) is 48.7 Å². The van der Waals surface area contributed by atoms with Crippen LogP contribution in [0.25, 0.3) is 6.08 Å². The number of rotatable bonds is 7. The minimum Gasteiger partial charge on any atom is -0.402 e. The minimum absolute atomic E-state index is 0.329. The Bertz CT molecular complexity index is 802. The van der Waals surface area contributed by atoms with Crippen LogP contribution in [0.3, 0.4) is 0 Å². The fourth-order valence-electron chi connectivity index (χ4n) is 2.96. The number of benzene rings is 2. The first kappa shape index (κ1) is 17.9. The number of cyclic esters (lactones) is 1. The van der Waals surface area contributed by atoms with Crippen molar-refractivity contribution in [3.8, 4) is 0 Å². The normalized spacial score (nSPS) is 15.1. The second-order valence-electron chi connectivity index (χ2n) is 6.28. The third-order valence-electron chi connectivity index (χ3n) is 4.19. The van der Waals surface area contributed by atoms with Gasteiger partial charge in [0.15, 0.2) is 5.70 Å². The molecule has 0 radical (unpaired) electrons. The number of aliphatic imine (C=N–C) groups is 1. The molecule has 0 atom stereocenters. The molecule has 1 aliphatic heterocycles. The summed E-state index contributed by atoms with van der Waals surface area (Å²) in [5.74, 6) is -0.0536. The smallest absolute Gasteiger partial charge is 0.363 e.